The smallest absolute Gasteiger partial charge is 0.215 e. The Morgan fingerprint density at radius 1 is 1.19 bits per heavy atom. The summed E-state index contributed by atoms with van der Waals surface area (Å²) < 4.78 is 5.41. The van der Waals surface area contributed by atoms with E-state index in [1.165, 1.54) is 22.7 Å². The lowest BCUT2D eigenvalue weighted by Gasteiger charge is -2.26. The molecular weight excluding hydrogens is 366 g/mol. The normalized spacial score (nSPS) is 14.2. The van der Waals surface area contributed by atoms with Crippen LogP contribution in [-0.4, -0.2) is 37.1 Å². The number of ether oxygens (including phenoxy) is 1. The van der Waals surface area contributed by atoms with Crippen LogP contribution in [0.25, 0.3) is 11.3 Å². The van der Waals surface area contributed by atoms with Crippen LogP contribution < -0.4 is 4.90 Å². The second-order valence-electron chi connectivity index (χ2n) is 5.77. The fraction of sp³-hybridized carbons (Fsp3) is 0.211. The Hall–Kier alpha value is -2.53. The lowest BCUT2D eigenvalue weighted by Crippen LogP contribution is -2.36. The van der Waals surface area contributed by atoms with Crippen LogP contribution in [0.4, 0.5) is 5.13 Å². The molecule has 2 aromatic heterocycles. The Morgan fingerprint density at radius 2 is 1.96 bits per heavy atom. The van der Waals surface area contributed by atoms with Gasteiger partial charge in [-0.15, -0.1) is 11.3 Å². The molecule has 130 valence electrons. The van der Waals surface area contributed by atoms with Crippen molar-refractivity contribution in [2.24, 2.45) is 0 Å². The lowest BCUT2D eigenvalue weighted by molar-refractivity contribution is 0.104. The van der Waals surface area contributed by atoms with Crippen molar-refractivity contribution in [2.75, 3.05) is 31.2 Å². The summed E-state index contributed by atoms with van der Waals surface area (Å²) in [6, 6.07) is 13.0. The molecule has 1 fully saturated rings. The lowest BCUT2D eigenvalue weighted by atomic mass is 10.1. The van der Waals surface area contributed by atoms with E-state index in [1.807, 2.05) is 29.6 Å². The number of aromatic nitrogens is 1. The molecule has 0 N–H and O–H groups in total. The summed E-state index contributed by atoms with van der Waals surface area (Å²) in [4.78, 5) is 21.3. The highest BCUT2D eigenvalue weighted by molar-refractivity contribution is 7.19. The molecule has 0 amide bonds. The van der Waals surface area contributed by atoms with E-state index in [2.05, 4.69) is 11.0 Å². The van der Waals surface area contributed by atoms with Gasteiger partial charge in [-0.2, -0.15) is 5.26 Å². The molecule has 0 spiro atoms. The first-order valence-corrected chi connectivity index (χ1v) is 9.88. The second-order valence-corrected chi connectivity index (χ2v) is 7.69. The van der Waals surface area contributed by atoms with Gasteiger partial charge in [0.2, 0.25) is 5.78 Å². The minimum absolute atomic E-state index is 0.00336. The Bertz CT molecular complexity index is 950. The molecule has 1 saturated heterocycles. The SMILES string of the molecule is N#Cc1ccc(-c2nc(N3CCOCC3)sc2C(=O)c2cccs2)cc1. The third kappa shape index (κ3) is 3.27. The maximum atomic E-state index is 13.0. The predicted molar refractivity (Wildman–Crippen MR) is 103 cm³/mol. The van der Waals surface area contributed by atoms with E-state index in [-0.39, 0.29) is 5.78 Å². The molecule has 0 saturated carbocycles. The molecule has 4 rings (SSSR count). The van der Waals surface area contributed by atoms with Crippen molar-refractivity contribution in [3.63, 3.8) is 0 Å². The van der Waals surface area contributed by atoms with Gasteiger partial charge in [-0.3, -0.25) is 4.79 Å². The molecule has 0 aliphatic carbocycles. The summed E-state index contributed by atoms with van der Waals surface area (Å²) in [5.74, 6) is -0.00336. The highest BCUT2D eigenvalue weighted by Crippen LogP contribution is 2.35. The van der Waals surface area contributed by atoms with Crippen LogP contribution in [0.1, 0.15) is 20.1 Å². The number of nitrogens with zero attached hydrogens (tertiary/aromatic N) is 3. The van der Waals surface area contributed by atoms with Gasteiger partial charge in [0.1, 0.15) is 4.88 Å². The molecule has 1 aliphatic heterocycles. The monoisotopic (exact) mass is 381 g/mol. The third-order valence-electron chi connectivity index (χ3n) is 4.14. The number of nitriles is 1. The maximum absolute atomic E-state index is 13.0. The quantitative estimate of drug-likeness (QED) is 0.643. The average molecular weight is 381 g/mol. The molecule has 26 heavy (non-hydrogen) atoms. The molecule has 0 radical (unpaired) electrons. The first-order chi connectivity index (χ1) is 12.8. The summed E-state index contributed by atoms with van der Waals surface area (Å²) in [5, 5.41) is 11.7. The van der Waals surface area contributed by atoms with E-state index in [9.17, 15) is 4.79 Å². The minimum Gasteiger partial charge on any atom is -0.378 e. The molecule has 1 aromatic carbocycles. The Balaban J connectivity index is 1.77. The molecule has 5 nitrogen and oxygen atoms in total. The number of hydrogen-bond donors (Lipinski definition) is 0. The third-order valence-corrected chi connectivity index (χ3v) is 6.12. The number of rotatable bonds is 4. The highest BCUT2D eigenvalue weighted by atomic mass is 32.1. The number of carbonyl (C=O) groups excluding carboxylic acids is 1. The fourth-order valence-corrected chi connectivity index (χ4v) is 4.60. The summed E-state index contributed by atoms with van der Waals surface area (Å²) in [7, 11) is 0. The van der Waals surface area contributed by atoms with Crippen molar-refractivity contribution in [3.8, 4) is 17.3 Å². The standard InChI is InChI=1S/C19H15N3O2S2/c20-12-13-3-5-14(6-4-13)16-18(17(23)15-2-1-11-25-15)26-19(21-16)22-7-9-24-10-8-22/h1-6,11H,7-10H2. The second kappa shape index (κ2) is 7.38. The van der Waals surface area contributed by atoms with Gasteiger partial charge >= 0.3 is 0 Å². The molecule has 3 heterocycles. The predicted octanol–water partition coefficient (Wildman–Crippen LogP) is 3.81. The van der Waals surface area contributed by atoms with Crippen molar-refractivity contribution in [1.82, 2.24) is 4.98 Å². The molecule has 0 atom stereocenters. The van der Waals surface area contributed by atoms with Crippen molar-refractivity contribution < 1.29 is 9.53 Å². The first kappa shape index (κ1) is 16.9. The zero-order chi connectivity index (χ0) is 17.9. The average Bonchev–Trinajstić information content (AvgIpc) is 3.38. The van der Waals surface area contributed by atoms with Crippen molar-refractivity contribution in [3.05, 3.63) is 57.1 Å². The van der Waals surface area contributed by atoms with Crippen LogP contribution >= 0.6 is 22.7 Å². The van der Waals surface area contributed by atoms with Crippen molar-refractivity contribution in [2.45, 2.75) is 0 Å². The van der Waals surface area contributed by atoms with Gasteiger partial charge in [-0.1, -0.05) is 29.5 Å². The molecule has 3 aromatic rings. The number of thiazole rings is 1. The summed E-state index contributed by atoms with van der Waals surface area (Å²) in [5.41, 5.74) is 2.11. The molecule has 0 unspecified atom stereocenters. The number of benzene rings is 1. The highest BCUT2D eigenvalue weighted by Gasteiger charge is 2.24. The van der Waals surface area contributed by atoms with E-state index >= 15 is 0 Å². The van der Waals surface area contributed by atoms with Gasteiger partial charge in [0.25, 0.3) is 0 Å². The van der Waals surface area contributed by atoms with Crippen molar-refractivity contribution >= 4 is 33.6 Å². The van der Waals surface area contributed by atoms with Gasteiger partial charge in [-0.25, -0.2) is 4.98 Å². The zero-order valence-electron chi connectivity index (χ0n) is 13.8. The summed E-state index contributed by atoms with van der Waals surface area (Å²) in [6.07, 6.45) is 0. The van der Waals surface area contributed by atoms with Crippen molar-refractivity contribution in [1.29, 1.82) is 5.26 Å². The van der Waals surface area contributed by atoms with Crippen LogP contribution in [0.15, 0.2) is 41.8 Å². The van der Waals surface area contributed by atoms with Gasteiger partial charge in [-0.05, 0) is 23.6 Å². The van der Waals surface area contributed by atoms with Crippen LogP contribution in [0.2, 0.25) is 0 Å². The number of hydrogen-bond acceptors (Lipinski definition) is 7. The summed E-state index contributed by atoms with van der Waals surface area (Å²) in [6.45, 7) is 2.87. The maximum Gasteiger partial charge on any atom is 0.215 e. The van der Waals surface area contributed by atoms with Crippen LogP contribution in [0, 0.1) is 11.3 Å². The van der Waals surface area contributed by atoms with E-state index in [1.54, 1.807) is 12.1 Å². The molecular formula is C19H15N3O2S2. The Kier molecular flexibility index (Phi) is 4.80. The van der Waals surface area contributed by atoms with E-state index in [0.717, 1.165) is 23.8 Å². The van der Waals surface area contributed by atoms with Gasteiger partial charge in [0.15, 0.2) is 5.13 Å². The first-order valence-electron chi connectivity index (χ1n) is 8.18. The Labute approximate surface area is 159 Å². The van der Waals surface area contributed by atoms with Gasteiger partial charge < -0.3 is 9.64 Å². The van der Waals surface area contributed by atoms with Gasteiger partial charge in [0.05, 0.1) is 35.4 Å². The molecule has 1 aliphatic rings. The van der Waals surface area contributed by atoms with E-state index < -0.39 is 0 Å². The molecule has 0 bridgehead atoms. The number of carbonyl (C=O) groups is 1. The van der Waals surface area contributed by atoms with E-state index in [4.69, 9.17) is 15.0 Å². The number of thiophene rings is 1. The molecule has 7 heteroatoms. The summed E-state index contributed by atoms with van der Waals surface area (Å²) >= 11 is 2.86. The zero-order valence-corrected chi connectivity index (χ0v) is 15.5. The van der Waals surface area contributed by atoms with Gasteiger partial charge in [0, 0.05) is 18.7 Å². The van der Waals surface area contributed by atoms with Crippen LogP contribution in [-0.2, 0) is 4.74 Å². The number of ketones is 1. The minimum atomic E-state index is -0.00336. The number of anilines is 1. The largest absolute Gasteiger partial charge is 0.378 e. The van der Waals surface area contributed by atoms with Crippen LogP contribution in [0.5, 0.6) is 0 Å². The Morgan fingerprint density at radius 3 is 2.62 bits per heavy atom. The topological polar surface area (TPSA) is 66.2 Å². The van der Waals surface area contributed by atoms with E-state index in [0.29, 0.717) is 34.2 Å². The fourth-order valence-electron chi connectivity index (χ4n) is 2.77. The number of morpholine rings is 1. The van der Waals surface area contributed by atoms with Crippen LogP contribution in [0.3, 0.4) is 0 Å².